The lowest BCUT2D eigenvalue weighted by molar-refractivity contribution is 0.143. The van der Waals surface area contributed by atoms with E-state index in [9.17, 15) is 9.59 Å². The Kier molecular flexibility index (Phi) is 3.98. The van der Waals surface area contributed by atoms with Crippen LogP contribution in [0.3, 0.4) is 0 Å². The minimum absolute atomic E-state index is 0.148. The molecule has 0 bridgehead atoms. The molecule has 0 aliphatic heterocycles. The number of ether oxygens (including phenoxy) is 1. The predicted molar refractivity (Wildman–Crippen MR) is 103 cm³/mol. The van der Waals surface area contributed by atoms with E-state index < -0.39 is 11.6 Å². The molecule has 6 nitrogen and oxygen atoms in total. The first-order valence-electron chi connectivity index (χ1n) is 8.90. The topological polar surface area (TPSA) is 81.4 Å². The van der Waals surface area contributed by atoms with Crippen LogP contribution in [0, 0.1) is 20.8 Å². The van der Waals surface area contributed by atoms with Gasteiger partial charge in [-0.3, -0.25) is 9.78 Å². The van der Waals surface area contributed by atoms with Crippen LogP contribution in [-0.2, 0) is 0 Å². The van der Waals surface area contributed by atoms with Crippen LogP contribution in [0.1, 0.15) is 35.8 Å². The van der Waals surface area contributed by atoms with E-state index in [1.54, 1.807) is 6.07 Å². The summed E-state index contributed by atoms with van der Waals surface area (Å²) >= 11 is 0. The lowest BCUT2D eigenvalue weighted by Gasteiger charge is -2.17. The second kappa shape index (κ2) is 6.23. The van der Waals surface area contributed by atoms with Crippen molar-refractivity contribution in [2.45, 2.75) is 39.7 Å². The third kappa shape index (κ3) is 3.07. The lowest BCUT2D eigenvalue weighted by atomic mass is 9.97. The molecule has 0 radical (unpaired) electrons. The van der Waals surface area contributed by atoms with Crippen LogP contribution in [0.2, 0.25) is 0 Å². The van der Waals surface area contributed by atoms with Gasteiger partial charge in [0.1, 0.15) is 0 Å². The van der Waals surface area contributed by atoms with Gasteiger partial charge in [-0.15, -0.1) is 0 Å². The summed E-state index contributed by atoms with van der Waals surface area (Å²) < 4.78 is 6.73. The van der Waals surface area contributed by atoms with Gasteiger partial charge in [-0.25, -0.2) is 4.79 Å². The van der Waals surface area contributed by atoms with Crippen molar-refractivity contribution in [2.24, 2.45) is 0 Å². The molecule has 1 fully saturated rings. The summed E-state index contributed by atoms with van der Waals surface area (Å²) in [6.45, 7) is 5.92. The van der Waals surface area contributed by atoms with Gasteiger partial charge in [0.15, 0.2) is 5.75 Å². The molecule has 2 aromatic heterocycles. The van der Waals surface area contributed by atoms with Crippen LogP contribution in [0.25, 0.3) is 22.0 Å². The van der Waals surface area contributed by atoms with Gasteiger partial charge >= 0.3 is 6.16 Å². The maximum atomic E-state index is 12.8. The van der Waals surface area contributed by atoms with Crippen LogP contribution in [0.4, 0.5) is 4.79 Å². The Balaban J connectivity index is 2.01. The quantitative estimate of drug-likeness (QED) is 0.698. The molecule has 2 heterocycles. The van der Waals surface area contributed by atoms with Gasteiger partial charge in [0.05, 0.1) is 11.7 Å². The van der Waals surface area contributed by atoms with Gasteiger partial charge < -0.3 is 14.4 Å². The highest BCUT2D eigenvalue weighted by Crippen LogP contribution is 2.40. The summed E-state index contributed by atoms with van der Waals surface area (Å²) in [5.41, 5.74) is 5.40. The Hall–Kier alpha value is -3.15. The average Bonchev–Trinajstić information content (AvgIpc) is 3.41. The monoisotopic (exact) mass is 364 g/mol. The van der Waals surface area contributed by atoms with E-state index >= 15 is 0 Å². The molecule has 27 heavy (non-hydrogen) atoms. The van der Waals surface area contributed by atoms with Gasteiger partial charge in [0.2, 0.25) is 5.43 Å². The number of carboxylic acid groups (broad SMARTS) is 1. The number of pyridine rings is 2. The van der Waals surface area contributed by atoms with Crippen molar-refractivity contribution in [1.82, 2.24) is 9.55 Å². The summed E-state index contributed by atoms with van der Waals surface area (Å²) in [6, 6.07) is 8.00. The number of aromatic nitrogens is 2. The van der Waals surface area contributed by atoms with Crippen LogP contribution in [0.5, 0.6) is 5.75 Å². The number of benzene rings is 1. The van der Waals surface area contributed by atoms with Crippen molar-refractivity contribution >= 4 is 17.1 Å². The Morgan fingerprint density at radius 1 is 1.19 bits per heavy atom. The van der Waals surface area contributed by atoms with E-state index in [1.165, 1.54) is 6.20 Å². The number of fused-ring (bicyclic) bond motifs is 1. The highest BCUT2D eigenvalue weighted by atomic mass is 16.7. The molecule has 1 saturated carbocycles. The molecule has 0 amide bonds. The highest BCUT2D eigenvalue weighted by Gasteiger charge is 2.27. The predicted octanol–water partition coefficient (Wildman–Crippen LogP) is 4.38. The molecule has 3 aromatic rings. The van der Waals surface area contributed by atoms with Gasteiger partial charge in [-0.05, 0) is 68.5 Å². The zero-order valence-corrected chi connectivity index (χ0v) is 15.4. The van der Waals surface area contributed by atoms with Gasteiger partial charge in [-0.1, -0.05) is 6.07 Å². The number of hydrogen-bond acceptors (Lipinski definition) is 4. The van der Waals surface area contributed by atoms with Crippen molar-refractivity contribution in [1.29, 1.82) is 0 Å². The second-order valence-corrected chi connectivity index (χ2v) is 7.10. The van der Waals surface area contributed by atoms with E-state index in [-0.39, 0.29) is 11.8 Å². The smallest absolute Gasteiger partial charge is 0.449 e. The van der Waals surface area contributed by atoms with E-state index in [0.717, 1.165) is 46.4 Å². The molecule has 1 aromatic carbocycles. The third-order valence-electron chi connectivity index (χ3n) is 4.94. The second-order valence-electron chi connectivity index (χ2n) is 7.10. The number of hydrogen-bond donors (Lipinski definition) is 1. The fourth-order valence-electron chi connectivity index (χ4n) is 3.71. The minimum Gasteiger partial charge on any atom is -0.449 e. The molecule has 4 rings (SSSR count). The first-order chi connectivity index (χ1) is 12.8. The summed E-state index contributed by atoms with van der Waals surface area (Å²) in [7, 11) is 0. The van der Waals surface area contributed by atoms with Crippen molar-refractivity contribution in [2.75, 3.05) is 0 Å². The SMILES string of the molecule is Cc1cc(-c2ccc3c(=O)c(OC(=O)O)cn(C4CC4)c3c2C)cc(C)n1. The maximum absolute atomic E-state index is 12.8. The van der Waals surface area contributed by atoms with Crippen molar-refractivity contribution in [3.05, 3.63) is 57.6 Å². The van der Waals surface area contributed by atoms with E-state index in [2.05, 4.69) is 4.98 Å². The molecule has 1 aliphatic rings. The van der Waals surface area contributed by atoms with E-state index in [1.807, 2.05) is 43.5 Å². The average molecular weight is 364 g/mol. The number of aryl methyl sites for hydroxylation is 3. The number of carbonyl (C=O) groups is 1. The van der Waals surface area contributed by atoms with Crippen molar-refractivity contribution < 1.29 is 14.6 Å². The maximum Gasteiger partial charge on any atom is 0.511 e. The van der Waals surface area contributed by atoms with E-state index in [4.69, 9.17) is 9.84 Å². The van der Waals surface area contributed by atoms with Crippen molar-refractivity contribution in [3.63, 3.8) is 0 Å². The van der Waals surface area contributed by atoms with Gasteiger partial charge in [0.25, 0.3) is 0 Å². The molecule has 0 spiro atoms. The molecule has 6 heteroatoms. The van der Waals surface area contributed by atoms with Crippen LogP contribution >= 0.6 is 0 Å². The van der Waals surface area contributed by atoms with Crippen LogP contribution in [0.15, 0.2) is 35.3 Å². The zero-order valence-electron chi connectivity index (χ0n) is 15.4. The molecular formula is C21H20N2O4. The fourth-order valence-corrected chi connectivity index (χ4v) is 3.71. The molecule has 0 unspecified atom stereocenters. The summed E-state index contributed by atoms with van der Waals surface area (Å²) in [6.07, 6.45) is 2.06. The Morgan fingerprint density at radius 2 is 1.85 bits per heavy atom. The van der Waals surface area contributed by atoms with Crippen molar-refractivity contribution in [3.8, 4) is 16.9 Å². The molecule has 0 atom stereocenters. The largest absolute Gasteiger partial charge is 0.511 e. The Labute approximate surface area is 156 Å². The highest BCUT2D eigenvalue weighted by molar-refractivity contribution is 5.90. The normalized spacial score (nSPS) is 13.7. The molecule has 138 valence electrons. The summed E-state index contributed by atoms with van der Waals surface area (Å²) in [4.78, 5) is 28.1. The van der Waals surface area contributed by atoms with Gasteiger partial charge in [-0.2, -0.15) is 0 Å². The van der Waals surface area contributed by atoms with Crippen LogP contribution in [-0.4, -0.2) is 20.8 Å². The summed E-state index contributed by atoms with van der Waals surface area (Å²) in [5.74, 6) is -0.148. The zero-order chi connectivity index (χ0) is 19.3. The Bertz CT molecular complexity index is 1120. The lowest BCUT2D eigenvalue weighted by Crippen LogP contribution is -2.16. The molecule has 0 saturated heterocycles. The molecule has 1 N–H and O–H groups in total. The fraction of sp³-hybridized carbons (Fsp3) is 0.286. The first-order valence-corrected chi connectivity index (χ1v) is 8.90. The number of nitrogens with zero attached hydrogens (tertiary/aromatic N) is 2. The molecular weight excluding hydrogens is 344 g/mol. The van der Waals surface area contributed by atoms with E-state index in [0.29, 0.717) is 5.39 Å². The minimum atomic E-state index is -1.48. The first kappa shape index (κ1) is 17.3. The van der Waals surface area contributed by atoms with Crippen LogP contribution < -0.4 is 10.2 Å². The number of rotatable bonds is 3. The summed E-state index contributed by atoms with van der Waals surface area (Å²) in [5, 5.41) is 9.41. The Morgan fingerprint density at radius 3 is 2.44 bits per heavy atom. The standard InChI is InChI=1S/C21H20N2O4/c1-11-8-14(9-12(2)22-11)16-6-7-17-19(13(16)3)23(15-4-5-15)10-18(20(17)24)27-21(25)26/h6-10,15H,4-5H2,1-3H3,(H,25,26). The van der Waals surface area contributed by atoms with Gasteiger partial charge in [0, 0.05) is 22.8 Å². The third-order valence-corrected chi connectivity index (χ3v) is 4.94. The molecule has 1 aliphatic carbocycles.